The maximum atomic E-state index is 12.2. The third-order valence-electron chi connectivity index (χ3n) is 1.14. The van der Waals surface area contributed by atoms with Crippen LogP contribution in [0.5, 0.6) is 0 Å². The van der Waals surface area contributed by atoms with Crippen molar-refractivity contribution in [1.29, 1.82) is 0 Å². The minimum atomic E-state index is -0.293. The van der Waals surface area contributed by atoms with E-state index in [2.05, 4.69) is 4.98 Å². The molecular formula is C6H9FN2. The van der Waals surface area contributed by atoms with Gasteiger partial charge in [0.1, 0.15) is 0 Å². The quantitative estimate of drug-likeness (QED) is 0.603. The first kappa shape index (κ1) is 6.29. The lowest BCUT2D eigenvalue weighted by Gasteiger charge is -1.86. The molecule has 9 heavy (non-hydrogen) atoms. The van der Waals surface area contributed by atoms with Gasteiger partial charge in [0.15, 0.2) is 5.95 Å². The number of rotatable bonds is 2. The van der Waals surface area contributed by atoms with E-state index in [4.69, 9.17) is 5.73 Å². The molecule has 0 saturated heterocycles. The second kappa shape index (κ2) is 2.64. The number of aromatic amines is 1. The Morgan fingerprint density at radius 3 is 2.89 bits per heavy atom. The van der Waals surface area contributed by atoms with Crippen LogP contribution < -0.4 is 5.73 Å². The average Bonchev–Trinajstić information content (AvgIpc) is 2.17. The molecule has 0 atom stereocenters. The second-order valence-corrected chi connectivity index (χ2v) is 1.89. The van der Waals surface area contributed by atoms with E-state index in [0.29, 0.717) is 6.54 Å². The first-order valence-electron chi connectivity index (χ1n) is 2.86. The molecular weight excluding hydrogens is 119 g/mol. The third kappa shape index (κ3) is 1.54. The molecule has 0 saturated carbocycles. The summed E-state index contributed by atoms with van der Waals surface area (Å²) in [7, 11) is 0. The minimum Gasteiger partial charge on any atom is -0.338 e. The number of nitrogens with one attached hydrogen (secondary N) is 1. The summed E-state index contributed by atoms with van der Waals surface area (Å²) < 4.78 is 12.2. The van der Waals surface area contributed by atoms with E-state index in [1.165, 1.54) is 6.07 Å². The molecule has 0 amide bonds. The molecule has 1 aromatic rings. The van der Waals surface area contributed by atoms with Gasteiger partial charge in [0, 0.05) is 6.20 Å². The van der Waals surface area contributed by atoms with Crippen LogP contribution in [0.15, 0.2) is 12.3 Å². The maximum Gasteiger partial charge on any atom is 0.191 e. The number of halogens is 1. The molecule has 0 unspecified atom stereocenters. The third-order valence-corrected chi connectivity index (χ3v) is 1.14. The standard InChI is InChI=1S/C6H9FN2/c7-6-3-5(1-2-8)4-9-6/h3-4,9H,1-2,8H2. The van der Waals surface area contributed by atoms with Crippen LogP contribution in [0.1, 0.15) is 5.56 Å². The highest BCUT2D eigenvalue weighted by atomic mass is 19.1. The number of nitrogens with two attached hydrogens (primary N) is 1. The van der Waals surface area contributed by atoms with Gasteiger partial charge in [0.2, 0.25) is 0 Å². The fourth-order valence-electron chi connectivity index (χ4n) is 0.719. The Balaban J connectivity index is 2.61. The second-order valence-electron chi connectivity index (χ2n) is 1.89. The van der Waals surface area contributed by atoms with Gasteiger partial charge in [-0.15, -0.1) is 0 Å². The Hall–Kier alpha value is -0.830. The van der Waals surface area contributed by atoms with E-state index < -0.39 is 0 Å². The van der Waals surface area contributed by atoms with Gasteiger partial charge in [-0.05, 0) is 24.6 Å². The van der Waals surface area contributed by atoms with E-state index in [0.717, 1.165) is 12.0 Å². The normalized spacial score (nSPS) is 10.0. The molecule has 0 bridgehead atoms. The fourth-order valence-corrected chi connectivity index (χ4v) is 0.719. The number of aromatic nitrogens is 1. The summed E-state index contributed by atoms with van der Waals surface area (Å²) in [6.45, 7) is 0.567. The summed E-state index contributed by atoms with van der Waals surface area (Å²) in [6, 6.07) is 1.45. The Morgan fingerprint density at radius 1 is 1.67 bits per heavy atom. The van der Waals surface area contributed by atoms with Crippen molar-refractivity contribution < 1.29 is 4.39 Å². The van der Waals surface area contributed by atoms with Gasteiger partial charge < -0.3 is 10.7 Å². The average molecular weight is 128 g/mol. The molecule has 0 aliphatic carbocycles. The predicted molar refractivity (Wildman–Crippen MR) is 33.5 cm³/mol. The predicted octanol–water partition coefficient (Wildman–Crippen LogP) is 0.655. The first-order chi connectivity index (χ1) is 4.33. The summed E-state index contributed by atoms with van der Waals surface area (Å²) in [5.41, 5.74) is 6.16. The van der Waals surface area contributed by atoms with Gasteiger partial charge in [-0.3, -0.25) is 0 Å². The van der Waals surface area contributed by atoms with Crippen molar-refractivity contribution >= 4 is 0 Å². The minimum absolute atomic E-state index is 0.293. The summed E-state index contributed by atoms with van der Waals surface area (Å²) in [6.07, 6.45) is 2.36. The summed E-state index contributed by atoms with van der Waals surface area (Å²) in [4.78, 5) is 2.43. The van der Waals surface area contributed by atoms with E-state index in [1.54, 1.807) is 6.20 Å². The number of H-pyrrole nitrogens is 1. The van der Waals surface area contributed by atoms with Gasteiger partial charge in [-0.2, -0.15) is 4.39 Å². The molecule has 1 heterocycles. The van der Waals surface area contributed by atoms with Crippen molar-refractivity contribution in [3.05, 3.63) is 23.8 Å². The molecule has 1 rings (SSSR count). The molecule has 0 spiro atoms. The van der Waals surface area contributed by atoms with Crippen molar-refractivity contribution in [2.24, 2.45) is 5.73 Å². The van der Waals surface area contributed by atoms with Gasteiger partial charge in [-0.1, -0.05) is 0 Å². The van der Waals surface area contributed by atoms with Crippen LogP contribution in [0.3, 0.4) is 0 Å². The lowest BCUT2D eigenvalue weighted by atomic mass is 10.2. The molecule has 1 aromatic heterocycles. The van der Waals surface area contributed by atoms with Gasteiger partial charge in [0.25, 0.3) is 0 Å². The topological polar surface area (TPSA) is 41.8 Å². The van der Waals surface area contributed by atoms with Gasteiger partial charge in [-0.25, -0.2) is 0 Å². The Bertz CT molecular complexity index is 183. The highest BCUT2D eigenvalue weighted by molar-refractivity contribution is 5.09. The molecule has 0 aliphatic rings. The van der Waals surface area contributed by atoms with E-state index in [1.807, 2.05) is 0 Å². The zero-order valence-electron chi connectivity index (χ0n) is 5.02. The summed E-state index contributed by atoms with van der Waals surface area (Å²) in [5, 5.41) is 0. The fraction of sp³-hybridized carbons (Fsp3) is 0.333. The van der Waals surface area contributed by atoms with Crippen molar-refractivity contribution in [2.45, 2.75) is 6.42 Å². The van der Waals surface area contributed by atoms with Crippen LogP contribution in [0.4, 0.5) is 4.39 Å². The lowest BCUT2D eigenvalue weighted by molar-refractivity contribution is 0.591. The van der Waals surface area contributed by atoms with Crippen LogP contribution in [-0.2, 0) is 6.42 Å². The Morgan fingerprint density at radius 2 is 2.44 bits per heavy atom. The van der Waals surface area contributed by atoms with Gasteiger partial charge in [0.05, 0.1) is 0 Å². The first-order valence-corrected chi connectivity index (χ1v) is 2.86. The molecule has 3 N–H and O–H groups in total. The van der Waals surface area contributed by atoms with E-state index in [-0.39, 0.29) is 5.95 Å². The zero-order chi connectivity index (χ0) is 6.69. The van der Waals surface area contributed by atoms with Crippen LogP contribution in [-0.4, -0.2) is 11.5 Å². The van der Waals surface area contributed by atoms with Crippen molar-refractivity contribution in [3.63, 3.8) is 0 Å². The van der Waals surface area contributed by atoms with Crippen molar-refractivity contribution in [1.82, 2.24) is 4.98 Å². The lowest BCUT2D eigenvalue weighted by Crippen LogP contribution is -2.01. The van der Waals surface area contributed by atoms with Gasteiger partial charge >= 0.3 is 0 Å². The number of hydrogen-bond acceptors (Lipinski definition) is 1. The van der Waals surface area contributed by atoms with Crippen molar-refractivity contribution in [2.75, 3.05) is 6.54 Å². The zero-order valence-corrected chi connectivity index (χ0v) is 5.02. The highest BCUT2D eigenvalue weighted by Gasteiger charge is 1.94. The molecule has 2 nitrogen and oxygen atoms in total. The highest BCUT2D eigenvalue weighted by Crippen LogP contribution is 2.00. The maximum absolute atomic E-state index is 12.2. The SMILES string of the molecule is NCCc1c[nH]c(F)c1. The Kier molecular flexibility index (Phi) is 1.85. The van der Waals surface area contributed by atoms with E-state index >= 15 is 0 Å². The van der Waals surface area contributed by atoms with Crippen LogP contribution in [0.25, 0.3) is 0 Å². The molecule has 0 radical (unpaired) electrons. The molecule has 50 valence electrons. The molecule has 0 fully saturated rings. The molecule has 0 aliphatic heterocycles. The number of hydrogen-bond donors (Lipinski definition) is 2. The van der Waals surface area contributed by atoms with Crippen molar-refractivity contribution in [3.8, 4) is 0 Å². The molecule has 0 aromatic carbocycles. The van der Waals surface area contributed by atoms with Crippen LogP contribution in [0, 0.1) is 5.95 Å². The largest absolute Gasteiger partial charge is 0.338 e. The summed E-state index contributed by atoms with van der Waals surface area (Å²) in [5.74, 6) is -0.293. The summed E-state index contributed by atoms with van der Waals surface area (Å²) >= 11 is 0. The smallest absolute Gasteiger partial charge is 0.191 e. The van der Waals surface area contributed by atoms with Crippen LogP contribution in [0.2, 0.25) is 0 Å². The van der Waals surface area contributed by atoms with E-state index in [9.17, 15) is 4.39 Å². The monoisotopic (exact) mass is 128 g/mol. The van der Waals surface area contributed by atoms with Crippen LogP contribution >= 0.6 is 0 Å². The molecule has 3 heteroatoms. The Labute approximate surface area is 52.9 Å².